The number of hydrogen-bond donors (Lipinski definition) is 2. The smallest absolute Gasteiger partial charge is 0.279 e. The van der Waals surface area contributed by atoms with Gasteiger partial charge in [0.15, 0.2) is 5.60 Å². The highest BCUT2D eigenvalue weighted by Gasteiger charge is 2.66. The fraction of sp³-hybridized carbons (Fsp3) is 0.297. The third-order valence-corrected chi connectivity index (χ3v) is 14.6. The van der Waals surface area contributed by atoms with Crippen molar-refractivity contribution in [2.24, 2.45) is 5.92 Å². The van der Waals surface area contributed by atoms with Gasteiger partial charge in [0.1, 0.15) is 5.75 Å². The van der Waals surface area contributed by atoms with E-state index in [4.69, 9.17) is 9.47 Å². The van der Waals surface area contributed by atoms with Crippen LogP contribution in [0, 0.1) is 5.92 Å². The maximum Gasteiger partial charge on any atom is 0.279 e. The molecule has 1 spiro atoms. The number of para-hydroxylation sites is 2. The Morgan fingerprint density at radius 3 is 2.43 bits per heavy atom. The molecule has 46 heavy (non-hydrogen) atoms. The van der Waals surface area contributed by atoms with Crippen molar-refractivity contribution < 1.29 is 19.4 Å². The van der Waals surface area contributed by atoms with E-state index in [9.17, 15) is 14.7 Å². The summed E-state index contributed by atoms with van der Waals surface area (Å²) in [6.07, 6.45) is 0.179. The minimum Gasteiger partial charge on any atom is -0.497 e. The van der Waals surface area contributed by atoms with Crippen molar-refractivity contribution in [3.05, 3.63) is 119 Å². The van der Waals surface area contributed by atoms with Gasteiger partial charge in [-0.25, -0.2) is 4.68 Å². The third kappa shape index (κ3) is 4.56. The lowest BCUT2D eigenvalue weighted by molar-refractivity contribution is -0.146. The van der Waals surface area contributed by atoms with Crippen molar-refractivity contribution in [1.29, 1.82) is 0 Å². The summed E-state index contributed by atoms with van der Waals surface area (Å²) >= 11 is 0. The molecule has 2 aliphatic heterocycles. The van der Waals surface area contributed by atoms with Crippen LogP contribution in [0.3, 0.4) is 0 Å². The Kier molecular flexibility index (Phi) is 7.50. The van der Waals surface area contributed by atoms with Gasteiger partial charge in [-0.3, -0.25) is 14.7 Å². The highest BCUT2D eigenvalue weighted by molar-refractivity contribution is 6.91. The summed E-state index contributed by atoms with van der Waals surface area (Å²) in [5.41, 5.74) is 2.86. The molecule has 0 radical (unpaired) electrons. The number of rotatable bonds is 8. The van der Waals surface area contributed by atoms with Crippen molar-refractivity contribution in [3.63, 3.8) is 0 Å². The van der Waals surface area contributed by atoms with Gasteiger partial charge in [0.25, 0.3) is 11.5 Å². The minimum absolute atomic E-state index is 0.0173. The van der Waals surface area contributed by atoms with E-state index in [1.165, 1.54) is 5.19 Å². The van der Waals surface area contributed by atoms with Crippen molar-refractivity contribution in [2.45, 2.75) is 50.2 Å². The molecule has 1 saturated heterocycles. The summed E-state index contributed by atoms with van der Waals surface area (Å²) < 4.78 is 14.0. The fourth-order valence-corrected chi connectivity index (χ4v) is 12.1. The Morgan fingerprint density at radius 2 is 1.70 bits per heavy atom. The van der Waals surface area contributed by atoms with Crippen LogP contribution in [-0.4, -0.2) is 48.7 Å². The Balaban J connectivity index is 1.26. The van der Waals surface area contributed by atoms with Gasteiger partial charge in [-0.15, -0.1) is 0 Å². The zero-order valence-electron chi connectivity index (χ0n) is 26.6. The van der Waals surface area contributed by atoms with Crippen LogP contribution in [0.1, 0.15) is 24.5 Å². The van der Waals surface area contributed by atoms with Crippen LogP contribution in [0.15, 0.2) is 102 Å². The van der Waals surface area contributed by atoms with E-state index in [0.29, 0.717) is 24.0 Å². The molecule has 1 amide bonds. The number of anilines is 1. The molecule has 0 unspecified atom stereocenters. The van der Waals surface area contributed by atoms with Gasteiger partial charge in [-0.2, -0.15) is 0 Å². The molecule has 1 fully saturated rings. The number of aromatic nitrogens is 2. The number of carbonyl (C=O) groups is 1. The second kappa shape index (κ2) is 11.4. The zero-order chi connectivity index (χ0) is 32.2. The van der Waals surface area contributed by atoms with Crippen LogP contribution < -0.4 is 20.4 Å². The van der Waals surface area contributed by atoms with E-state index < -0.39 is 13.7 Å². The average molecular weight is 634 g/mol. The molecule has 4 atom stereocenters. The van der Waals surface area contributed by atoms with Crippen LogP contribution in [0.5, 0.6) is 5.75 Å². The lowest BCUT2D eigenvalue weighted by Crippen LogP contribution is -2.51. The summed E-state index contributed by atoms with van der Waals surface area (Å²) in [5, 5.41) is 15.2. The maximum atomic E-state index is 14.8. The topological polar surface area (TPSA) is 96.8 Å². The van der Waals surface area contributed by atoms with E-state index in [2.05, 4.69) is 37.2 Å². The molecule has 1 aromatic heterocycles. The van der Waals surface area contributed by atoms with Crippen LogP contribution in [0.25, 0.3) is 16.6 Å². The molecular formula is C37H39N3O5Si. The second-order valence-electron chi connectivity index (χ2n) is 13.0. The molecule has 3 heterocycles. The number of benzene rings is 4. The highest BCUT2D eigenvalue weighted by atomic mass is 28.3. The van der Waals surface area contributed by atoms with Crippen LogP contribution in [0.2, 0.25) is 18.6 Å². The van der Waals surface area contributed by atoms with E-state index in [0.717, 1.165) is 28.1 Å². The van der Waals surface area contributed by atoms with Crippen LogP contribution in [0.4, 0.5) is 5.69 Å². The largest absolute Gasteiger partial charge is 0.497 e. The number of methoxy groups -OCH3 is 1. The number of H-pyrrole nitrogens is 1. The first kappa shape index (κ1) is 30.2. The van der Waals surface area contributed by atoms with Crippen molar-refractivity contribution in [1.82, 2.24) is 9.78 Å². The van der Waals surface area contributed by atoms with Gasteiger partial charge in [0.2, 0.25) is 0 Å². The van der Waals surface area contributed by atoms with Crippen LogP contribution in [-0.2, 0) is 21.7 Å². The lowest BCUT2D eigenvalue weighted by atomic mass is 9.82. The predicted octanol–water partition coefficient (Wildman–Crippen LogP) is 5.47. The minimum atomic E-state index is -2.25. The number of amides is 1. The number of aliphatic hydroxyl groups is 1. The molecule has 2 N–H and O–H groups in total. The Labute approximate surface area is 269 Å². The molecule has 0 saturated carbocycles. The highest BCUT2D eigenvalue weighted by Crippen LogP contribution is 2.60. The van der Waals surface area contributed by atoms with Crippen molar-refractivity contribution in [2.75, 3.05) is 18.6 Å². The number of aliphatic hydroxyl groups excluding tert-OH is 1. The lowest BCUT2D eigenvalue weighted by Gasteiger charge is -2.37. The monoisotopic (exact) mass is 633 g/mol. The number of fused-ring (bicyclic) bond motifs is 3. The maximum absolute atomic E-state index is 14.8. The van der Waals surface area contributed by atoms with E-state index in [-0.39, 0.29) is 35.6 Å². The summed E-state index contributed by atoms with van der Waals surface area (Å²) in [7, 11) is -0.584. The summed E-state index contributed by atoms with van der Waals surface area (Å²) in [6.45, 7) is 7.13. The summed E-state index contributed by atoms with van der Waals surface area (Å²) in [5.74, 6) is 0.587. The number of aromatic amines is 1. The molecule has 0 bridgehead atoms. The number of nitrogens with zero attached hydrogens (tertiary/aromatic N) is 2. The van der Waals surface area contributed by atoms with Gasteiger partial charge >= 0.3 is 0 Å². The number of carbonyl (C=O) groups excluding carboxylic acids is 1. The van der Waals surface area contributed by atoms with E-state index >= 15 is 0 Å². The normalized spacial score (nSPS) is 22.6. The van der Waals surface area contributed by atoms with Crippen LogP contribution >= 0.6 is 0 Å². The van der Waals surface area contributed by atoms with Crippen molar-refractivity contribution >= 4 is 35.8 Å². The molecule has 236 valence electrons. The summed E-state index contributed by atoms with van der Waals surface area (Å²) in [4.78, 5) is 29.8. The molecular weight excluding hydrogens is 595 g/mol. The second-order valence-corrected chi connectivity index (χ2v) is 17.7. The first-order chi connectivity index (χ1) is 22.2. The first-order valence-electron chi connectivity index (χ1n) is 15.8. The molecule has 5 aromatic rings. The Bertz CT molecular complexity index is 1980. The predicted molar refractivity (Wildman–Crippen MR) is 183 cm³/mol. The quantitative estimate of drug-likeness (QED) is 0.221. The number of nitrogens with one attached hydrogen (secondary N) is 1. The molecule has 0 aliphatic carbocycles. The van der Waals surface area contributed by atoms with Gasteiger partial charge in [-0.05, 0) is 60.0 Å². The van der Waals surface area contributed by atoms with E-state index in [1.807, 2.05) is 89.8 Å². The average Bonchev–Trinajstić information content (AvgIpc) is 3.65. The van der Waals surface area contributed by atoms with Gasteiger partial charge in [-0.1, -0.05) is 79.8 Å². The van der Waals surface area contributed by atoms with Crippen molar-refractivity contribution in [3.8, 4) is 11.4 Å². The molecule has 7 rings (SSSR count). The third-order valence-electron chi connectivity index (χ3n) is 10.3. The standard InChI is InChI=1S/C37H39N3O5Si/c1-24-34(46(3,4)28-18-16-27(44-2)17-19-28)33(20-21-41)45-37(24)30-13-6-8-15-32(30)39(36(37)43)23-25-10-9-11-26(22-25)40-35(42)29-12-5-7-14-31(29)38-40/h5-19,22,24,33-34,38,41H,20-21,23H2,1-4H3/t24-,33+,34-,37+/m0/s1. The first-order valence-corrected chi connectivity index (χ1v) is 18.9. The zero-order valence-corrected chi connectivity index (χ0v) is 27.6. The van der Waals surface area contributed by atoms with Gasteiger partial charge < -0.3 is 19.5 Å². The van der Waals surface area contributed by atoms with Gasteiger partial charge in [0.05, 0.1) is 50.1 Å². The number of ether oxygens (including phenoxy) is 2. The SMILES string of the molecule is COc1ccc([Si](C)(C)[C@@H]2[C@@H](CCO)O[C@]3(C(=O)N(Cc4cccc(-n5[nH]c6ccccc6c5=O)c4)c4ccccc43)[C@H]2C)cc1. The molecule has 8 nitrogen and oxygen atoms in total. The Morgan fingerprint density at radius 1 is 0.957 bits per heavy atom. The molecule has 2 aliphatic rings. The number of hydrogen-bond acceptors (Lipinski definition) is 5. The fourth-order valence-electron chi connectivity index (χ4n) is 8.04. The summed E-state index contributed by atoms with van der Waals surface area (Å²) in [6, 6.07) is 31.4. The molecule has 4 aromatic carbocycles. The molecule has 9 heteroatoms. The van der Waals surface area contributed by atoms with Gasteiger partial charge in [0, 0.05) is 18.1 Å². The Hall–Kier alpha value is -4.44. The van der Waals surface area contributed by atoms with E-state index in [1.54, 1.807) is 11.8 Å².